The summed E-state index contributed by atoms with van der Waals surface area (Å²) in [5.41, 5.74) is 6.41. The smallest absolute Gasteiger partial charge is 0.224 e. The molecule has 1 heterocycles. The van der Waals surface area contributed by atoms with Gasteiger partial charge in [0.15, 0.2) is 0 Å². The number of benzene rings is 4. The first-order valence-electron chi connectivity index (χ1n) is 12.4. The van der Waals surface area contributed by atoms with Crippen molar-refractivity contribution in [2.24, 2.45) is 0 Å². The zero-order valence-corrected chi connectivity index (χ0v) is 21.8. The molecule has 6 heteroatoms. The van der Waals surface area contributed by atoms with Crippen molar-refractivity contribution in [1.82, 2.24) is 14.9 Å². The van der Waals surface area contributed by atoms with Crippen LogP contribution in [0.5, 0.6) is 0 Å². The molecule has 0 aliphatic rings. The van der Waals surface area contributed by atoms with E-state index in [4.69, 9.17) is 28.2 Å². The van der Waals surface area contributed by atoms with Crippen LogP contribution in [-0.2, 0) is 24.2 Å². The van der Waals surface area contributed by atoms with E-state index in [2.05, 4.69) is 40.2 Å². The molecule has 0 aliphatic carbocycles. The number of fused-ring (bicyclic) bond motifs is 1. The SMILES string of the molecule is O=C(Cc1ccc(-c2ccccc2)cc1)NCCCc1nc2ccccc2n1Cc1ccc(Cl)c(Cl)c1. The van der Waals surface area contributed by atoms with E-state index in [9.17, 15) is 4.79 Å². The lowest BCUT2D eigenvalue weighted by Gasteiger charge is -2.11. The van der Waals surface area contributed by atoms with Gasteiger partial charge in [-0.15, -0.1) is 0 Å². The second-order valence-corrected chi connectivity index (χ2v) is 9.86. The molecule has 4 aromatic carbocycles. The van der Waals surface area contributed by atoms with Crippen LogP contribution < -0.4 is 5.32 Å². The number of carbonyl (C=O) groups is 1. The first-order valence-corrected chi connectivity index (χ1v) is 13.1. The molecule has 0 bridgehead atoms. The van der Waals surface area contributed by atoms with Gasteiger partial charge >= 0.3 is 0 Å². The molecule has 37 heavy (non-hydrogen) atoms. The van der Waals surface area contributed by atoms with Crippen molar-refractivity contribution >= 4 is 40.1 Å². The van der Waals surface area contributed by atoms with Crippen LogP contribution in [-0.4, -0.2) is 22.0 Å². The molecular weight excluding hydrogens is 501 g/mol. The zero-order chi connectivity index (χ0) is 25.6. The van der Waals surface area contributed by atoms with Crippen LogP contribution in [0, 0.1) is 0 Å². The molecule has 0 spiro atoms. The van der Waals surface area contributed by atoms with Gasteiger partial charge in [-0.1, -0.05) is 96.0 Å². The molecular formula is C31H27Cl2N3O. The number of carbonyl (C=O) groups excluding carboxylic acids is 1. The van der Waals surface area contributed by atoms with Gasteiger partial charge in [0.05, 0.1) is 27.5 Å². The molecule has 0 unspecified atom stereocenters. The fourth-order valence-electron chi connectivity index (χ4n) is 4.48. The Morgan fingerprint density at radius 3 is 2.27 bits per heavy atom. The number of nitrogens with one attached hydrogen (secondary N) is 1. The summed E-state index contributed by atoms with van der Waals surface area (Å²) in [6, 6.07) is 32.2. The normalized spacial score (nSPS) is 11.1. The number of rotatable bonds is 9. The second kappa shape index (κ2) is 11.6. The Kier molecular flexibility index (Phi) is 7.88. The fraction of sp³-hybridized carbons (Fsp3) is 0.161. The van der Waals surface area contributed by atoms with E-state index in [1.54, 1.807) is 0 Å². The van der Waals surface area contributed by atoms with Crippen LogP contribution in [0.4, 0.5) is 0 Å². The summed E-state index contributed by atoms with van der Waals surface area (Å²) in [7, 11) is 0. The number of amides is 1. The van der Waals surface area contributed by atoms with E-state index in [0.29, 0.717) is 29.6 Å². The minimum absolute atomic E-state index is 0.0248. The molecule has 0 saturated carbocycles. The number of hydrogen-bond donors (Lipinski definition) is 1. The number of aryl methyl sites for hydroxylation is 1. The first-order chi connectivity index (χ1) is 18.1. The largest absolute Gasteiger partial charge is 0.356 e. The van der Waals surface area contributed by atoms with Crippen LogP contribution in [0.15, 0.2) is 97.1 Å². The molecule has 0 radical (unpaired) electrons. The molecule has 0 aliphatic heterocycles. The summed E-state index contributed by atoms with van der Waals surface area (Å²) in [6.07, 6.45) is 1.91. The van der Waals surface area contributed by atoms with Gasteiger partial charge in [-0.05, 0) is 52.9 Å². The summed E-state index contributed by atoms with van der Waals surface area (Å²) in [5, 5.41) is 4.15. The Balaban J connectivity index is 1.18. The third-order valence-electron chi connectivity index (χ3n) is 6.38. The van der Waals surface area contributed by atoms with Gasteiger partial charge in [0.2, 0.25) is 5.91 Å². The van der Waals surface area contributed by atoms with Crippen molar-refractivity contribution in [2.75, 3.05) is 6.54 Å². The van der Waals surface area contributed by atoms with Crippen LogP contribution in [0.3, 0.4) is 0 Å². The highest BCUT2D eigenvalue weighted by atomic mass is 35.5. The Hall–Kier alpha value is -3.60. The van der Waals surface area contributed by atoms with Gasteiger partial charge in [0.1, 0.15) is 5.82 Å². The Morgan fingerprint density at radius 1 is 0.784 bits per heavy atom. The highest BCUT2D eigenvalue weighted by Gasteiger charge is 2.12. The predicted octanol–water partition coefficient (Wildman–Crippen LogP) is 7.35. The fourth-order valence-corrected chi connectivity index (χ4v) is 4.80. The van der Waals surface area contributed by atoms with Gasteiger partial charge in [-0.25, -0.2) is 4.98 Å². The summed E-state index contributed by atoms with van der Waals surface area (Å²) in [5.74, 6) is 1.01. The Morgan fingerprint density at radius 2 is 1.49 bits per heavy atom. The summed E-state index contributed by atoms with van der Waals surface area (Å²) in [4.78, 5) is 17.4. The number of para-hydroxylation sites is 2. The Bertz CT molecular complexity index is 1510. The molecule has 0 fully saturated rings. The van der Waals surface area contributed by atoms with E-state index in [1.807, 2.05) is 66.7 Å². The minimum Gasteiger partial charge on any atom is -0.356 e. The van der Waals surface area contributed by atoms with Gasteiger partial charge in [-0.3, -0.25) is 4.79 Å². The maximum atomic E-state index is 12.5. The molecule has 5 rings (SSSR count). The molecule has 1 N–H and O–H groups in total. The lowest BCUT2D eigenvalue weighted by molar-refractivity contribution is -0.120. The van der Waals surface area contributed by atoms with Crippen molar-refractivity contribution in [2.45, 2.75) is 25.8 Å². The third-order valence-corrected chi connectivity index (χ3v) is 7.12. The number of aromatic nitrogens is 2. The molecule has 186 valence electrons. The van der Waals surface area contributed by atoms with E-state index in [-0.39, 0.29) is 5.91 Å². The highest BCUT2D eigenvalue weighted by molar-refractivity contribution is 6.42. The number of halogens is 2. The van der Waals surface area contributed by atoms with Gasteiger partial charge in [-0.2, -0.15) is 0 Å². The summed E-state index contributed by atoms with van der Waals surface area (Å²) >= 11 is 12.3. The van der Waals surface area contributed by atoms with Gasteiger partial charge < -0.3 is 9.88 Å². The Labute approximate surface area is 226 Å². The molecule has 1 aromatic heterocycles. The van der Waals surface area contributed by atoms with Crippen LogP contribution in [0.2, 0.25) is 10.0 Å². The van der Waals surface area contributed by atoms with E-state index >= 15 is 0 Å². The lowest BCUT2D eigenvalue weighted by atomic mass is 10.0. The maximum Gasteiger partial charge on any atom is 0.224 e. The maximum absolute atomic E-state index is 12.5. The minimum atomic E-state index is 0.0248. The first kappa shape index (κ1) is 25.1. The number of hydrogen-bond acceptors (Lipinski definition) is 2. The molecule has 0 atom stereocenters. The molecule has 5 aromatic rings. The van der Waals surface area contributed by atoms with Gasteiger partial charge in [0.25, 0.3) is 0 Å². The summed E-state index contributed by atoms with van der Waals surface area (Å²) < 4.78 is 2.21. The van der Waals surface area contributed by atoms with Crippen LogP contribution in [0.1, 0.15) is 23.4 Å². The van der Waals surface area contributed by atoms with Crippen molar-refractivity contribution in [1.29, 1.82) is 0 Å². The van der Waals surface area contributed by atoms with Gasteiger partial charge in [0, 0.05) is 19.5 Å². The lowest BCUT2D eigenvalue weighted by Crippen LogP contribution is -2.26. The van der Waals surface area contributed by atoms with E-state index < -0.39 is 0 Å². The third kappa shape index (κ3) is 6.22. The van der Waals surface area contributed by atoms with Crippen LogP contribution in [0.25, 0.3) is 22.2 Å². The van der Waals surface area contributed by atoms with Crippen molar-refractivity contribution in [3.8, 4) is 11.1 Å². The van der Waals surface area contributed by atoms with Crippen molar-refractivity contribution in [3.05, 3.63) is 124 Å². The molecule has 0 saturated heterocycles. The molecule has 4 nitrogen and oxygen atoms in total. The van der Waals surface area contributed by atoms with Crippen molar-refractivity contribution in [3.63, 3.8) is 0 Å². The second-order valence-electron chi connectivity index (χ2n) is 9.04. The standard InChI is InChI=1S/C31H27Cl2N3O/c32-26-17-14-23(19-27(26)33)21-36-29-10-5-4-9-28(29)35-30(36)11-6-18-34-31(37)20-22-12-15-25(16-13-22)24-7-2-1-3-8-24/h1-5,7-10,12-17,19H,6,11,18,20-21H2,(H,34,37). The monoisotopic (exact) mass is 527 g/mol. The summed E-state index contributed by atoms with van der Waals surface area (Å²) in [6.45, 7) is 1.25. The quantitative estimate of drug-likeness (QED) is 0.203. The zero-order valence-electron chi connectivity index (χ0n) is 20.3. The average Bonchev–Trinajstić information content (AvgIpc) is 3.27. The topological polar surface area (TPSA) is 46.9 Å². The van der Waals surface area contributed by atoms with E-state index in [0.717, 1.165) is 46.4 Å². The van der Waals surface area contributed by atoms with E-state index in [1.165, 1.54) is 5.56 Å². The molecule has 1 amide bonds. The number of nitrogens with zero attached hydrogens (tertiary/aromatic N) is 2. The van der Waals surface area contributed by atoms with Crippen LogP contribution >= 0.6 is 23.2 Å². The number of imidazole rings is 1. The highest BCUT2D eigenvalue weighted by Crippen LogP contribution is 2.25. The average molecular weight is 528 g/mol. The van der Waals surface area contributed by atoms with Crippen molar-refractivity contribution < 1.29 is 4.79 Å². The predicted molar refractivity (Wildman–Crippen MR) is 152 cm³/mol.